The van der Waals surface area contributed by atoms with Crippen LogP contribution < -0.4 is 0 Å². The fourth-order valence-corrected chi connectivity index (χ4v) is 1.78. The zero-order chi connectivity index (χ0) is 10.5. The molecule has 0 saturated carbocycles. The van der Waals surface area contributed by atoms with Gasteiger partial charge in [0.2, 0.25) is 0 Å². The summed E-state index contributed by atoms with van der Waals surface area (Å²) < 4.78 is 0. The first-order valence-electron chi connectivity index (χ1n) is 6.52. The van der Waals surface area contributed by atoms with Crippen molar-refractivity contribution in [3.63, 3.8) is 0 Å². The van der Waals surface area contributed by atoms with E-state index in [2.05, 4.69) is 6.92 Å². The van der Waals surface area contributed by atoms with Gasteiger partial charge in [-0.15, -0.1) is 0 Å². The van der Waals surface area contributed by atoms with Crippen molar-refractivity contribution < 1.29 is 31.3 Å². The van der Waals surface area contributed by atoms with Gasteiger partial charge in [0.25, 0.3) is 0 Å². The molecule has 0 atom stereocenters. The Balaban J connectivity index is 0. The van der Waals surface area contributed by atoms with Crippen LogP contribution in [0, 0.1) is 0 Å². The number of unbranched alkanes of at least 4 members (excludes halogenated alkanes) is 10. The summed E-state index contributed by atoms with van der Waals surface area (Å²) in [4.78, 5) is 0. The van der Waals surface area contributed by atoms with Gasteiger partial charge < -0.3 is 5.11 Å². The van der Waals surface area contributed by atoms with Crippen LogP contribution in [0.2, 0.25) is 0 Å². The maximum atomic E-state index is 8.59. The van der Waals surface area contributed by atoms with Crippen LogP contribution in [0.5, 0.6) is 0 Å². The van der Waals surface area contributed by atoms with E-state index in [0.717, 1.165) is 6.42 Å². The van der Waals surface area contributed by atoms with Gasteiger partial charge in [-0.2, -0.15) is 0 Å². The van der Waals surface area contributed by atoms with Gasteiger partial charge in [-0.25, -0.2) is 0 Å². The van der Waals surface area contributed by atoms with Gasteiger partial charge >= 0.3 is 0 Å². The Kier molecular flexibility index (Phi) is 20.9. The maximum absolute atomic E-state index is 8.59. The van der Waals surface area contributed by atoms with E-state index in [1.807, 2.05) is 0 Å². The van der Waals surface area contributed by atoms with Crippen molar-refractivity contribution in [2.45, 2.75) is 77.6 Å². The minimum absolute atomic E-state index is 0. The molecule has 0 heterocycles. The summed E-state index contributed by atoms with van der Waals surface area (Å²) in [5.74, 6) is 0. The third-order valence-electron chi connectivity index (χ3n) is 2.76. The third kappa shape index (κ3) is 17.5. The van der Waals surface area contributed by atoms with Crippen LogP contribution in [-0.4, -0.2) is 11.7 Å². The fraction of sp³-hybridized carbons (Fsp3) is 1.00. The molecule has 90 valence electrons. The molecule has 0 spiro atoms. The number of hydrogen-bond acceptors (Lipinski definition) is 1. The van der Waals surface area contributed by atoms with Crippen molar-refractivity contribution in [2.75, 3.05) is 6.61 Å². The van der Waals surface area contributed by atoms with Gasteiger partial charge in [0.15, 0.2) is 0 Å². The first-order valence-corrected chi connectivity index (χ1v) is 6.52. The second-order valence-corrected chi connectivity index (χ2v) is 4.26. The van der Waals surface area contributed by atoms with E-state index < -0.39 is 0 Å². The van der Waals surface area contributed by atoms with Gasteiger partial charge in [-0.3, -0.25) is 0 Å². The number of aliphatic hydroxyl groups excluding tert-OH is 1. The van der Waals surface area contributed by atoms with Crippen LogP contribution in [0.3, 0.4) is 0 Å². The van der Waals surface area contributed by atoms with Gasteiger partial charge in [0.1, 0.15) is 0 Å². The van der Waals surface area contributed by atoms with Crippen molar-refractivity contribution in [3.8, 4) is 0 Å². The number of hydrogen-bond donors (Lipinski definition) is 1. The number of rotatable bonds is 11. The average molecular weight is 292 g/mol. The molecule has 15 heavy (non-hydrogen) atoms. The zero-order valence-electron chi connectivity index (χ0n) is 10.4. The summed E-state index contributed by atoms with van der Waals surface area (Å²) in [6.45, 7) is 2.64. The Labute approximate surface area is 115 Å². The summed E-state index contributed by atoms with van der Waals surface area (Å²) >= 11 is 0. The Morgan fingerprint density at radius 2 is 0.933 bits per heavy atom. The molecule has 0 amide bonds. The first-order chi connectivity index (χ1) is 6.91. The predicted octanol–water partition coefficient (Wildman–Crippen LogP) is 4.29. The Bertz CT molecular complexity index is 84.5. The summed E-state index contributed by atoms with van der Waals surface area (Å²) in [5.41, 5.74) is 0. The van der Waals surface area contributed by atoms with Crippen molar-refractivity contribution in [1.82, 2.24) is 0 Å². The van der Waals surface area contributed by atoms with Crippen molar-refractivity contribution >= 4 is 0 Å². The normalized spacial score (nSPS) is 10.0. The molecule has 2 heteroatoms. The first kappa shape index (κ1) is 18.2. The van der Waals surface area contributed by atoms with Crippen LogP contribution >= 0.6 is 0 Å². The van der Waals surface area contributed by atoms with E-state index in [0.29, 0.717) is 6.61 Å². The van der Waals surface area contributed by atoms with Crippen LogP contribution in [-0.2, 0) is 26.2 Å². The quantitative estimate of drug-likeness (QED) is 0.563. The molecule has 0 aromatic heterocycles. The van der Waals surface area contributed by atoms with Gasteiger partial charge in [0.05, 0.1) is 0 Å². The minimum atomic E-state index is 0. The summed E-state index contributed by atoms with van der Waals surface area (Å²) in [6, 6.07) is 0. The van der Waals surface area contributed by atoms with Crippen LogP contribution in [0.1, 0.15) is 77.6 Å². The third-order valence-corrected chi connectivity index (χ3v) is 2.76. The van der Waals surface area contributed by atoms with Crippen LogP contribution in [0.15, 0.2) is 0 Å². The molecule has 0 aliphatic rings. The summed E-state index contributed by atoms with van der Waals surface area (Å²) in [5, 5.41) is 8.59. The van der Waals surface area contributed by atoms with E-state index in [1.165, 1.54) is 64.2 Å². The van der Waals surface area contributed by atoms with E-state index in [9.17, 15) is 0 Å². The van der Waals surface area contributed by atoms with Gasteiger partial charge in [-0.1, -0.05) is 71.1 Å². The predicted molar refractivity (Wildman–Crippen MR) is 63.5 cm³/mol. The zero-order valence-corrected chi connectivity index (χ0v) is 12.9. The molecule has 0 rings (SSSR count). The Morgan fingerprint density at radius 3 is 1.27 bits per heavy atom. The van der Waals surface area contributed by atoms with Crippen molar-refractivity contribution in [3.05, 3.63) is 0 Å². The van der Waals surface area contributed by atoms with Gasteiger partial charge in [0, 0.05) is 32.8 Å². The fourth-order valence-electron chi connectivity index (χ4n) is 1.78. The second kappa shape index (κ2) is 17.2. The molecular formula is C13H28OZr. The largest absolute Gasteiger partial charge is 0.396 e. The molecule has 1 N–H and O–H groups in total. The van der Waals surface area contributed by atoms with Crippen molar-refractivity contribution in [1.29, 1.82) is 0 Å². The smallest absolute Gasteiger partial charge is 0.0431 e. The molecule has 0 aliphatic carbocycles. The molecule has 0 radical (unpaired) electrons. The maximum Gasteiger partial charge on any atom is 0.0431 e. The molecule has 0 aliphatic heterocycles. The summed E-state index contributed by atoms with van der Waals surface area (Å²) in [6.07, 6.45) is 14.8. The topological polar surface area (TPSA) is 20.2 Å². The van der Waals surface area contributed by atoms with Gasteiger partial charge in [-0.05, 0) is 6.42 Å². The van der Waals surface area contributed by atoms with E-state index in [4.69, 9.17) is 5.11 Å². The molecule has 0 saturated heterocycles. The van der Waals surface area contributed by atoms with E-state index in [-0.39, 0.29) is 26.2 Å². The molecule has 0 aromatic carbocycles. The van der Waals surface area contributed by atoms with Crippen LogP contribution in [0.25, 0.3) is 0 Å². The SMILES string of the molecule is CCCCCCCCCCCCCO.[Zr]. The summed E-state index contributed by atoms with van der Waals surface area (Å²) in [7, 11) is 0. The van der Waals surface area contributed by atoms with Crippen molar-refractivity contribution in [2.24, 2.45) is 0 Å². The second-order valence-electron chi connectivity index (χ2n) is 4.26. The average Bonchev–Trinajstić information content (AvgIpc) is 2.21. The molecule has 0 unspecified atom stereocenters. The molecule has 0 bridgehead atoms. The molecule has 0 fully saturated rings. The molecule has 1 nitrogen and oxygen atoms in total. The monoisotopic (exact) mass is 290 g/mol. The van der Waals surface area contributed by atoms with E-state index in [1.54, 1.807) is 0 Å². The standard InChI is InChI=1S/C13H28O.Zr/c1-2-3-4-5-6-7-8-9-10-11-12-13-14;/h14H,2-13H2,1H3;. The minimum Gasteiger partial charge on any atom is -0.396 e. The Morgan fingerprint density at radius 1 is 0.600 bits per heavy atom. The molecule has 0 aromatic rings. The Hall–Kier alpha value is 0.843. The number of aliphatic hydroxyl groups is 1. The van der Waals surface area contributed by atoms with Crippen LogP contribution in [0.4, 0.5) is 0 Å². The molecular weight excluding hydrogens is 263 g/mol. The van der Waals surface area contributed by atoms with E-state index >= 15 is 0 Å².